The zero-order valence-electron chi connectivity index (χ0n) is 25.4. The molecular formula is C31H70. The van der Waals surface area contributed by atoms with E-state index in [1.54, 1.807) is 0 Å². The van der Waals surface area contributed by atoms with Crippen molar-refractivity contribution >= 4 is 0 Å². The molecule has 31 heavy (non-hydrogen) atoms. The molecule has 0 radical (unpaired) electrons. The van der Waals surface area contributed by atoms with Gasteiger partial charge in [-0.2, -0.15) is 0 Å². The Balaban J connectivity index is -0.000000164. The summed E-state index contributed by atoms with van der Waals surface area (Å²) in [6, 6.07) is 0. The Labute approximate surface area is 203 Å². The topological polar surface area (TPSA) is 0 Å². The summed E-state index contributed by atoms with van der Waals surface area (Å²) in [7, 11) is 0. The van der Waals surface area contributed by atoms with Gasteiger partial charge in [0.2, 0.25) is 0 Å². The average Bonchev–Trinajstić information content (AvgIpc) is 2.70. The van der Waals surface area contributed by atoms with Crippen molar-refractivity contribution in [2.45, 2.75) is 162 Å². The smallest absolute Gasteiger partial charge is 0.0414 e. The Bertz CT molecular complexity index is 274. The van der Waals surface area contributed by atoms with E-state index in [1.165, 1.54) is 57.8 Å². The molecule has 0 aliphatic heterocycles. The summed E-state index contributed by atoms with van der Waals surface area (Å²) < 4.78 is 0. The molecule has 0 heteroatoms. The van der Waals surface area contributed by atoms with Gasteiger partial charge in [0.15, 0.2) is 0 Å². The van der Waals surface area contributed by atoms with Gasteiger partial charge in [-0.25, -0.2) is 0 Å². The van der Waals surface area contributed by atoms with Crippen LogP contribution in [-0.2, 0) is 0 Å². The van der Waals surface area contributed by atoms with E-state index in [0.29, 0.717) is 0 Å². The molecule has 0 rings (SSSR count). The van der Waals surface area contributed by atoms with Crippen LogP contribution in [0.3, 0.4) is 0 Å². The van der Waals surface area contributed by atoms with Crippen LogP contribution in [0, 0.1) is 41.4 Å². The Morgan fingerprint density at radius 1 is 0.419 bits per heavy atom. The van der Waals surface area contributed by atoms with E-state index in [-0.39, 0.29) is 0 Å². The van der Waals surface area contributed by atoms with Crippen molar-refractivity contribution in [2.75, 3.05) is 0 Å². The molecule has 0 aromatic carbocycles. The summed E-state index contributed by atoms with van der Waals surface area (Å²) in [6.45, 7) is 34.0. The molecule has 1 unspecified atom stereocenters. The van der Waals surface area contributed by atoms with Gasteiger partial charge in [0.1, 0.15) is 0 Å². The third-order valence-corrected chi connectivity index (χ3v) is 6.46. The standard InChI is InChI=1S/C11H24.C9H20.C6H14.C5H12/c1-5-7-8-11(6-2)9-10(3)4;1-5-9(6-2)7-8(3)4;1-5(2)6(3)4;1-4-5(2)3/h10-11H,5-9H2,1-4H3;8-9H,5-7H2,1-4H3;5-6H,1-4H3;5H,4H2,1-3H3. The number of hydrogen-bond acceptors (Lipinski definition) is 0. The lowest BCUT2D eigenvalue weighted by atomic mass is 9.90. The van der Waals surface area contributed by atoms with Crippen molar-refractivity contribution in [2.24, 2.45) is 41.4 Å². The first-order valence-electron chi connectivity index (χ1n) is 14.3. The molecule has 0 aliphatic rings. The van der Waals surface area contributed by atoms with Gasteiger partial charge >= 0.3 is 0 Å². The molecule has 0 heterocycles. The summed E-state index contributed by atoms with van der Waals surface area (Å²) in [5.74, 6) is 6.33. The SMILES string of the molecule is CC(C)C(C)C.CCC(C)C.CCC(CC)CC(C)C.CCCCC(CC)CC(C)C. The van der Waals surface area contributed by atoms with Gasteiger partial charge in [-0.05, 0) is 54.3 Å². The first-order chi connectivity index (χ1) is 14.3. The minimum absolute atomic E-state index is 0.852. The molecule has 0 aliphatic carbocycles. The van der Waals surface area contributed by atoms with E-state index in [2.05, 4.69) is 104 Å². The van der Waals surface area contributed by atoms with Gasteiger partial charge < -0.3 is 0 Å². The molecule has 0 bridgehead atoms. The third-order valence-electron chi connectivity index (χ3n) is 6.46. The zero-order valence-corrected chi connectivity index (χ0v) is 25.4. The lowest BCUT2D eigenvalue weighted by Gasteiger charge is -2.16. The van der Waals surface area contributed by atoms with E-state index in [9.17, 15) is 0 Å². The van der Waals surface area contributed by atoms with Crippen LogP contribution in [0.15, 0.2) is 0 Å². The van der Waals surface area contributed by atoms with Gasteiger partial charge in [0, 0.05) is 0 Å². The molecular weight excluding hydrogens is 372 g/mol. The van der Waals surface area contributed by atoms with E-state index >= 15 is 0 Å². The lowest BCUT2D eigenvalue weighted by molar-refractivity contribution is 0.366. The minimum atomic E-state index is 0.852. The predicted octanol–water partition coefficient (Wildman–Crippen LogP) is 12.1. The second kappa shape index (κ2) is 28.0. The van der Waals surface area contributed by atoms with Crippen molar-refractivity contribution < 1.29 is 0 Å². The molecule has 0 aromatic rings. The minimum Gasteiger partial charge on any atom is -0.0654 e. The Morgan fingerprint density at radius 2 is 0.742 bits per heavy atom. The van der Waals surface area contributed by atoms with Crippen molar-refractivity contribution in [3.8, 4) is 0 Å². The van der Waals surface area contributed by atoms with Crippen LogP contribution in [0.4, 0.5) is 0 Å². The number of hydrogen-bond donors (Lipinski definition) is 0. The first-order valence-corrected chi connectivity index (χ1v) is 14.3. The van der Waals surface area contributed by atoms with Gasteiger partial charge in [0.25, 0.3) is 0 Å². The van der Waals surface area contributed by atoms with Crippen LogP contribution in [0.2, 0.25) is 0 Å². The average molecular weight is 443 g/mol. The predicted molar refractivity (Wildman–Crippen MR) is 151 cm³/mol. The maximum atomic E-state index is 2.33. The number of rotatable bonds is 12. The zero-order chi connectivity index (χ0) is 25.4. The maximum absolute atomic E-state index is 2.33. The maximum Gasteiger partial charge on any atom is -0.0414 e. The highest BCUT2D eigenvalue weighted by atomic mass is 14.1. The molecule has 0 fully saturated rings. The molecule has 194 valence electrons. The van der Waals surface area contributed by atoms with Crippen molar-refractivity contribution in [3.63, 3.8) is 0 Å². The van der Waals surface area contributed by atoms with Crippen LogP contribution < -0.4 is 0 Å². The van der Waals surface area contributed by atoms with Crippen LogP contribution in [0.1, 0.15) is 162 Å². The van der Waals surface area contributed by atoms with Gasteiger partial charge in [-0.3, -0.25) is 0 Å². The van der Waals surface area contributed by atoms with Crippen molar-refractivity contribution in [3.05, 3.63) is 0 Å². The van der Waals surface area contributed by atoms with Gasteiger partial charge in [-0.15, -0.1) is 0 Å². The first kappa shape index (κ1) is 38.3. The summed E-state index contributed by atoms with van der Waals surface area (Å²) in [5.41, 5.74) is 0. The highest BCUT2D eigenvalue weighted by Gasteiger charge is 2.07. The molecule has 0 saturated carbocycles. The van der Waals surface area contributed by atoms with Gasteiger partial charge in [-0.1, -0.05) is 149 Å². The monoisotopic (exact) mass is 443 g/mol. The summed E-state index contributed by atoms with van der Waals surface area (Å²) >= 11 is 0. The highest BCUT2D eigenvalue weighted by molar-refractivity contribution is 4.59. The summed E-state index contributed by atoms with van der Waals surface area (Å²) in [4.78, 5) is 0. The second-order valence-corrected chi connectivity index (χ2v) is 11.6. The molecule has 0 nitrogen and oxygen atoms in total. The lowest BCUT2D eigenvalue weighted by Crippen LogP contribution is -2.02. The van der Waals surface area contributed by atoms with E-state index in [4.69, 9.17) is 0 Å². The molecule has 0 aromatic heterocycles. The fourth-order valence-electron chi connectivity index (χ4n) is 2.94. The largest absolute Gasteiger partial charge is 0.0654 e. The summed E-state index contributed by atoms with van der Waals surface area (Å²) in [5, 5.41) is 0. The molecule has 0 saturated heterocycles. The number of unbranched alkanes of at least 4 members (excludes halogenated alkanes) is 1. The summed E-state index contributed by atoms with van der Waals surface area (Å²) in [6.07, 6.45) is 12.5. The van der Waals surface area contributed by atoms with Gasteiger partial charge in [0.05, 0.1) is 0 Å². The van der Waals surface area contributed by atoms with Crippen molar-refractivity contribution in [1.82, 2.24) is 0 Å². The van der Waals surface area contributed by atoms with Crippen molar-refractivity contribution in [1.29, 1.82) is 0 Å². The Kier molecular flexibility index (Phi) is 34.6. The normalized spacial score (nSPS) is 11.9. The third kappa shape index (κ3) is 40.8. The van der Waals surface area contributed by atoms with Crippen LogP contribution in [0.5, 0.6) is 0 Å². The van der Waals surface area contributed by atoms with E-state index in [1.807, 2.05) is 0 Å². The van der Waals surface area contributed by atoms with Crippen LogP contribution in [-0.4, -0.2) is 0 Å². The molecule has 0 amide bonds. The fourth-order valence-corrected chi connectivity index (χ4v) is 2.94. The van der Waals surface area contributed by atoms with Crippen LogP contribution in [0.25, 0.3) is 0 Å². The quantitative estimate of drug-likeness (QED) is 0.282. The Hall–Kier alpha value is 0. The second-order valence-electron chi connectivity index (χ2n) is 11.6. The molecule has 0 spiro atoms. The Morgan fingerprint density at radius 3 is 0.903 bits per heavy atom. The molecule has 0 N–H and O–H groups in total. The highest BCUT2D eigenvalue weighted by Crippen LogP contribution is 2.20. The molecule has 1 atom stereocenters. The fraction of sp³-hybridized carbons (Fsp3) is 1.00. The van der Waals surface area contributed by atoms with Crippen LogP contribution >= 0.6 is 0 Å². The van der Waals surface area contributed by atoms with E-state index in [0.717, 1.165) is 41.4 Å². The van der Waals surface area contributed by atoms with E-state index < -0.39 is 0 Å².